The van der Waals surface area contributed by atoms with E-state index >= 15 is 0 Å². The summed E-state index contributed by atoms with van der Waals surface area (Å²) in [5.74, 6) is -0.272. The molecule has 174 valence electrons. The van der Waals surface area contributed by atoms with Crippen LogP contribution in [0, 0.1) is 20.8 Å². The van der Waals surface area contributed by atoms with Crippen molar-refractivity contribution in [1.29, 1.82) is 0 Å². The van der Waals surface area contributed by atoms with E-state index in [1.165, 1.54) is 4.57 Å². The molecule has 5 aromatic rings. The fraction of sp³-hybridized carbons (Fsp3) is 0.138. The molecule has 0 aliphatic heterocycles. The molecule has 6 nitrogen and oxygen atoms in total. The Kier molecular flexibility index (Phi) is 5.79. The Morgan fingerprint density at radius 1 is 0.886 bits per heavy atom. The first-order chi connectivity index (χ1) is 16.9. The van der Waals surface area contributed by atoms with Crippen LogP contribution in [0.3, 0.4) is 0 Å². The van der Waals surface area contributed by atoms with Gasteiger partial charge >= 0.3 is 0 Å². The SMILES string of the molecule is Cc1ccc(NC(=O)Cn2c(=O)cc(-c3ccccc3)c3c(C)nn(-c4ccccc4)c32)c(C)c1. The Bertz CT molecular complexity index is 1600. The zero-order chi connectivity index (χ0) is 24.5. The van der Waals surface area contributed by atoms with Crippen LogP contribution in [-0.4, -0.2) is 20.3 Å². The number of aryl methyl sites for hydroxylation is 3. The van der Waals surface area contributed by atoms with Gasteiger partial charge in [-0.25, -0.2) is 4.68 Å². The van der Waals surface area contributed by atoms with E-state index < -0.39 is 0 Å². The topological polar surface area (TPSA) is 68.9 Å². The Hall–Kier alpha value is -4.45. The van der Waals surface area contributed by atoms with Crippen molar-refractivity contribution >= 4 is 22.6 Å². The molecule has 1 N–H and O–H groups in total. The van der Waals surface area contributed by atoms with Gasteiger partial charge in [-0.05, 0) is 55.7 Å². The predicted molar refractivity (Wildman–Crippen MR) is 140 cm³/mol. The van der Waals surface area contributed by atoms with Crippen molar-refractivity contribution in [2.75, 3.05) is 5.32 Å². The number of rotatable bonds is 5. The quantitative estimate of drug-likeness (QED) is 0.379. The van der Waals surface area contributed by atoms with Crippen LogP contribution in [0.2, 0.25) is 0 Å². The molecule has 1 amide bonds. The minimum Gasteiger partial charge on any atom is -0.324 e. The van der Waals surface area contributed by atoms with E-state index in [9.17, 15) is 9.59 Å². The van der Waals surface area contributed by atoms with Crippen molar-refractivity contribution in [3.05, 3.63) is 112 Å². The Labute approximate surface area is 203 Å². The minimum atomic E-state index is -0.272. The molecule has 0 saturated heterocycles. The average Bonchev–Trinajstić information content (AvgIpc) is 3.20. The van der Waals surface area contributed by atoms with Gasteiger partial charge in [-0.2, -0.15) is 5.10 Å². The summed E-state index contributed by atoms with van der Waals surface area (Å²) in [4.78, 5) is 26.6. The van der Waals surface area contributed by atoms with Crippen LogP contribution < -0.4 is 10.9 Å². The number of pyridine rings is 1. The van der Waals surface area contributed by atoms with Gasteiger partial charge in [-0.3, -0.25) is 14.2 Å². The van der Waals surface area contributed by atoms with Crippen LogP contribution in [0.4, 0.5) is 5.69 Å². The molecule has 0 aliphatic carbocycles. The molecule has 35 heavy (non-hydrogen) atoms. The second-order valence-electron chi connectivity index (χ2n) is 8.75. The maximum atomic E-state index is 13.5. The maximum absolute atomic E-state index is 13.5. The highest BCUT2D eigenvalue weighted by molar-refractivity contribution is 5.97. The predicted octanol–water partition coefficient (Wildman–Crippen LogP) is 5.42. The summed E-state index contributed by atoms with van der Waals surface area (Å²) >= 11 is 0. The number of hydrogen-bond acceptors (Lipinski definition) is 3. The number of carbonyl (C=O) groups is 1. The van der Waals surface area contributed by atoms with Gasteiger partial charge in [0.05, 0.1) is 11.4 Å². The second-order valence-corrected chi connectivity index (χ2v) is 8.75. The second kappa shape index (κ2) is 9.06. The first-order valence-corrected chi connectivity index (χ1v) is 11.5. The highest BCUT2D eigenvalue weighted by Crippen LogP contribution is 2.31. The van der Waals surface area contributed by atoms with Gasteiger partial charge in [0.25, 0.3) is 5.56 Å². The summed E-state index contributed by atoms with van der Waals surface area (Å²) in [6, 6.07) is 26.9. The third kappa shape index (κ3) is 4.26. The van der Waals surface area contributed by atoms with E-state index in [-0.39, 0.29) is 18.0 Å². The normalized spacial score (nSPS) is 11.1. The lowest BCUT2D eigenvalue weighted by Gasteiger charge is -2.14. The molecule has 2 aromatic heterocycles. The van der Waals surface area contributed by atoms with E-state index in [2.05, 4.69) is 5.32 Å². The van der Waals surface area contributed by atoms with Gasteiger partial charge in [0.1, 0.15) is 12.2 Å². The fourth-order valence-corrected chi connectivity index (χ4v) is 4.49. The lowest BCUT2D eigenvalue weighted by atomic mass is 10.0. The molecule has 2 heterocycles. The molecule has 0 bridgehead atoms. The van der Waals surface area contributed by atoms with E-state index in [0.29, 0.717) is 5.65 Å². The molecule has 0 fully saturated rings. The number of nitrogens with zero attached hydrogens (tertiary/aromatic N) is 3. The van der Waals surface area contributed by atoms with E-state index in [4.69, 9.17) is 5.10 Å². The van der Waals surface area contributed by atoms with Crippen molar-refractivity contribution in [3.63, 3.8) is 0 Å². The van der Waals surface area contributed by atoms with Crippen LogP contribution in [0.15, 0.2) is 89.7 Å². The molecule has 3 aromatic carbocycles. The molecule has 0 aliphatic rings. The monoisotopic (exact) mass is 462 g/mol. The molecule has 0 atom stereocenters. The fourth-order valence-electron chi connectivity index (χ4n) is 4.49. The molecule has 0 saturated carbocycles. The zero-order valence-corrected chi connectivity index (χ0v) is 19.9. The summed E-state index contributed by atoms with van der Waals surface area (Å²) in [7, 11) is 0. The van der Waals surface area contributed by atoms with Crippen LogP contribution in [0.1, 0.15) is 16.8 Å². The number of para-hydroxylation sites is 1. The highest BCUT2D eigenvalue weighted by Gasteiger charge is 2.21. The Morgan fingerprint density at radius 3 is 2.26 bits per heavy atom. The molecule has 6 heteroatoms. The highest BCUT2D eigenvalue weighted by atomic mass is 16.2. The number of benzene rings is 3. The van der Waals surface area contributed by atoms with Crippen molar-refractivity contribution in [1.82, 2.24) is 14.3 Å². The number of anilines is 1. The van der Waals surface area contributed by atoms with Gasteiger partial charge in [0.2, 0.25) is 5.91 Å². The Balaban J connectivity index is 1.68. The number of fused-ring (bicyclic) bond motifs is 1. The summed E-state index contributed by atoms with van der Waals surface area (Å²) in [6.07, 6.45) is 0. The van der Waals surface area contributed by atoms with Gasteiger partial charge in [-0.15, -0.1) is 0 Å². The molecular formula is C29H26N4O2. The Morgan fingerprint density at radius 2 is 1.57 bits per heavy atom. The van der Waals surface area contributed by atoms with Gasteiger partial charge < -0.3 is 5.32 Å². The van der Waals surface area contributed by atoms with E-state index in [1.807, 2.05) is 99.6 Å². The van der Waals surface area contributed by atoms with E-state index in [0.717, 1.165) is 44.7 Å². The van der Waals surface area contributed by atoms with E-state index in [1.54, 1.807) is 10.7 Å². The summed E-state index contributed by atoms with van der Waals surface area (Å²) in [5.41, 5.74) is 6.50. The van der Waals surface area contributed by atoms with Crippen LogP contribution in [-0.2, 0) is 11.3 Å². The summed E-state index contributed by atoms with van der Waals surface area (Å²) in [5, 5.41) is 8.60. The molecular weight excluding hydrogens is 436 g/mol. The number of nitrogens with one attached hydrogen (secondary N) is 1. The number of amides is 1. The lowest BCUT2D eigenvalue weighted by Crippen LogP contribution is -2.29. The number of carbonyl (C=O) groups excluding carboxylic acids is 1. The third-order valence-electron chi connectivity index (χ3n) is 6.14. The standard InChI is InChI=1S/C29H26N4O2/c1-19-14-15-25(20(2)16-19)30-26(34)18-32-27(35)17-24(22-10-6-4-7-11-22)28-21(3)31-33(29(28)32)23-12-8-5-9-13-23/h4-17H,18H2,1-3H3,(H,30,34). The van der Waals surface area contributed by atoms with Crippen molar-refractivity contribution in [2.45, 2.75) is 27.3 Å². The average molecular weight is 463 g/mol. The van der Waals surface area contributed by atoms with Crippen molar-refractivity contribution in [2.24, 2.45) is 0 Å². The first-order valence-electron chi connectivity index (χ1n) is 11.5. The van der Waals surface area contributed by atoms with Crippen LogP contribution in [0.5, 0.6) is 0 Å². The van der Waals surface area contributed by atoms with Crippen LogP contribution >= 0.6 is 0 Å². The lowest BCUT2D eigenvalue weighted by molar-refractivity contribution is -0.116. The largest absolute Gasteiger partial charge is 0.324 e. The summed E-state index contributed by atoms with van der Waals surface area (Å²) < 4.78 is 3.26. The smallest absolute Gasteiger partial charge is 0.253 e. The number of aromatic nitrogens is 3. The molecule has 0 radical (unpaired) electrons. The zero-order valence-electron chi connectivity index (χ0n) is 19.9. The summed E-state index contributed by atoms with van der Waals surface area (Å²) in [6.45, 7) is 5.76. The van der Waals surface area contributed by atoms with Gasteiger partial charge in [0, 0.05) is 17.1 Å². The molecule has 0 unspecified atom stereocenters. The molecule has 0 spiro atoms. The van der Waals surface area contributed by atoms with Crippen molar-refractivity contribution < 1.29 is 4.79 Å². The van der Waals surface area contributed by atoms with Crippen LogP contribution in [0.25, 0.3) is 27.8 Å². The first kappa shape index (κ1) is 22.3. The number of hydrogen-bond donors (Lipinski definition) is 1. The van der Waals surface area contributed by atoms with Crippen molar-refractivity contribution in [3.8, 4) is 16.8 Å². The van der Waals surface area contributed by atoms with Gasteiger partial charge in [-0.1, -0.05) is 66.2 Å². The molecule has 5 rings (SSSR count). The minimum absolute atomic E-state index is 0.129. The maximum Gasteiger partial charge on any atom is 0.253 e. The van der Waals surface area contributed by atoms with Gasteiger partial charge in [0.15, 0.2) is 0 Å². The third-order valence-corrected chi connectivity index (χ3v) is 6.14.